The first-order valence-corrected chi connectivity index (χ1v) is 10.3. The minimum absolute atomic E-state index is 0.1000. The zero-order valence-electron chi connectivity index (χ0n) is 17.6. The highest BCUT2D eigenvalue weighted by molar-refractivity contribution is 6.15. The predicted octanol–water partition coefficient (Wildman–Crippen LogP) is 4.72. The molecule has 0 atom stereocenters. The first kappa shape index (κ1) is 20.6. The van der Waals surface area contributed by atoms with E-state index in [0.29, 0.717) is 29.9 Å². The fourth-order valence-corrected chi connectivity index (χ4v) is 3.76. The van der Waals surface area contributed by atoms with E-state index in [1.807, 2.05) is 49.1 Å². The van der Waals surface area contributed by atoms with Crippen molar-refractivity contribution < 1.29 is 9.21 Å². The maximum absolute atomic E-state index is 13.4. The molecule has 0 unspecified atom stereocenters. The van der Waals surface area contributed by atoms with Crippen LogP contribution in [0.5, 0.6) is 0 Å². The van der Waals surface area contributed by atoms with Crippen molar-refractivity contribution in [2.75, 3.05) is 36.0 Å². The lowest BCUT2D eigenvalue weighted by atomic mass is 10.00. The highest BCUT2D eigenvalue weighted by Gasteiger charge is 2.25. The van der Waals surface area contributed by atoms with E-state index < -0.39 is 5.63 Å². The van der Waals surface area contributed by atoms with Gasteiger partial charge in [0.25, 0.3) is 0 Å². The van der Waals surface area contributed by atoms with Gasteiger partial charge in [-0.25, -0.2) is 4.79 Å². The van der Waals surface area contributed by atoms with Gasteiger partial charge in [0.05, 0.1) is 5.69 Å². The number of hydrogen-bond acceptors (Lipinski definition) is 5. The summed E-state index contributed by atoms with van der Waals surface area (Å²) in [4.78, 5) is 30.5. The molecule has 0 N–H and O–H groups in total. The maximum atomic E-state index is 13.4. The Balaban J connectivity index is 2.16. The van der Waals surface area contributed by atoms with E-state index in [1.165, 1.54) is 0 Å². The van der Waals surface area contributed by atoms with E-state index in [4.69, 9.17) is 4.42 Å². The number of anilines is 2. The molecule has 0 aliphatic heterocycles. The Bertz CT molecular complexity index is 1050. The van der Waals surface area contributed by atoms with Crippen LogP contribution >= 0.6 is 0 Å². The number of hydrogen-bond donors (Lipinski definition) is 0. The second-order valence-electron chi connectivity index (χ2n) is 6.83. The number of carbonyl (C=O) groups is 1. The molecule has 0 bridgehead atoms. The van der Waals surface area contributed by atoms with Gasteiger partial charge in [0.1, 0.15) is 11.1 Å². The molecule has 0 amide bonds. The topological polar surface area (TPSA) is 53.8 Å². The van der Waals surface area contributed by atoms with Crippen LogP contribution in [0.15, 0.2) is 57.7 Å². The molecule has 0 aliphatic rings. The molecular formula is C24H28N2O3. The Morgan fingerprint density at radius 3 is 2.00 bits per heavy atom. The summed E-state index contributed by atoms with van der Waals surface area (Å²) in [5.41, 5.74) is 2.19. The summed E-state index contributed by atoms with van der Waals surface area (Å²) in [6.07, 6.45) is 0. The number of ketones is 1. The number of benzene rings is 2. The number of rotatable bonds is 8. The average Bonchev–Trinajstić information content (AvgIpc) is 2.75. The van der Waals surface area contributed by atoms with Gasteiger partial charge in [-0.15, -0.1) is 0 Å². The minimum Gasteiger partial charge on any atom is -0.422 e. The highest BCUT2D eigenvalue weighted by Crippen LogP contribution is 2.30. The molecule has 3 aromatic rings. The van der Waals surface area contributed by atoms with Gasteiger partial charge in [0.15, 0.2) is 0 Å². The largest absolute Gasteiger partial charge is 0.422 e. The molecule has 0 aliphatic carbocycles. The van der Waals surface area contributed by atoms with Crippen LogP contribution in [0.3, 0.4) is 0 Å². The first-order valence-electron chi connectivity index (χ1n) is 10.3. The summed E-state index contributed by atoms with van der Waals surface area (Å²) >= 11 is 0. The summed E-state index contributed by atoms with van der Waals surface area (Å²) in [7, 11) is 0. The Hall–Kier alpha value is -3.08. The third kappa shape index (κ3) is 3.90. The Kier molecular flexibility index (Phi) is 6.37. The predicted molar refractivity (Wildman–Crippen MR) is 119 cm³/mol. The molecule has 2 aromatic carbocycles. The van der Waals surface area contributed by atoms with Crippen molar-refractivity contribution in [3.63, 3.8) is 0 Å². The SMILES string of the molecule is CCN(CC)c1ccc(C(=O)c2c(N(CC)CC)c3ccccc3oc2=O)cc1. The number of para-hydroxylation sites is 1. The van der Waals surface area contributed by atoms with Crippen LogP contribution in [0.1, 0.15) is 43.6 Å². The van der Waals surface area contributed by atoms with Crippen LogP contribution < -0.4 is 15.4 Å². The first-order chi connectivity index (χ1) is 14.0. The molecule has 29 heavy (non-hydrogen) atoms. The lowest BCUT2D eigenvalue weighted by molar-refractivity contribution is 0.103. The van der Waals surface area contributed by atoms with Gasteiger partial charge in [-0.3, -0.25) is 4.79 Å². The molecule has 5 heteroatoms. The lowest BCUT2D eigenvalue weighted by Crippen LogP contribution is -2.28. The Morgan fingerprint density at radius 1 is 0.828 bits per heavy atom. The number of nitrogens with zero attached hydrogens (tertiary/aromatic N) is 2. The van der Waals surface area contributed by atoms with Crippen LogP contribution in [0, 0.1) is 0 Å². The molecule has 0 fully saturated rings. The monoisotopic (exact) mass is 392 g/mol. The number of carbonyl (C=O) groups excluding carboxylic acids is 1. The van der Waals surface area contributed by atoms with Gasteiger partial charge in [-0.2, -0.15) is 0 Å². The molecule has 3 rings (SSSR count). The van der Waals surface area contributed by atoms with Gasteiger partial charge in [-0.05, 0) is 64.1 Å². The maximum Gasteiger partial charge on any atom is 0.349 e. The van der Waals surface area contributed by atoms with Crippen molar-refractivity contribution in [2.24, 2.45) is 0 Å². The van der Waals surface area contributed by atoms with Crippen molar-refractivity contribution in [1.82, 2.24) is 0 Å². The van der Waals surface area contributed by atoms with Crippen LogP contribution in [0.4, 0.5) is 11.4 Å². The number of fused-ring (bicyclic) bond motifs is 1. The van der Waals surface area contributed by atoms with E-state index in [0.717, 1.165) is 24.2 Å². The molecule has 5 nitrogen and oxygen atoms in total. The normalized spacial score (nSPS) is 10.9. The second-order valence-corrected chi connectivity index (χ2v) is 6.83. The van der Waals surface area contributed by atoms with E-state index in [-0.39, 0.29) is 11.3 Å². The minimum atomic E-state index is -0.594. The molecule has 0 spiro atoms. The summed E-state index contributed by atoms with van der Waals surface area (Å²) in [5, 5.41) is 0.777. The average molecular weight is 392 g/mol. The second kappa shape index (κ2) is 8.95. The van der Waals surface area contributed by atoms with E-state index in [9.17, 15) is 9.59 Å². The lowest BCUT2D eigenvalue weighted by Gasteiger charge is -2.24. The fourth-order valence-electron chi connectivity index (χ4n) is 3.76. The summed E-state index contributed by atoms with van der Waals surface area (Å²) in [6.45, 7) is 11.4. The molecule has 0 saturated carbocycles. The summed E-state index contributed by atoms with van der Waals surface area (Å²) in [6, 6.07) is 14.8. The Labute approximate surface area is 171 Å². The fraction of sp³-hybridized carbons (Fsp3) is 0.333. The zero-order chi connectivity index (χ0) is 21.0. The third-order valence-electron chi connectivity index (χ3n) is 5.35. The van der Waals surface area contributed by atoms with Crippen LogP contribution in [-0.4, -0.2) is 32.0 Å². The van der Waals surface area contributed by atoms with Crippen molar-refractivity contribution in [3.8, 4) is 0 Å². The van der Waals surface area contributed by atoms with Crippen molar-refractivity contribution in [1.29, 1.82) is 0 Å². The quantitative estimate of drug-likeness (QED) is 0.410. The van der Waals surface area contributed by atoms with Crippen molar-refractivity contribution in [3.05, 3.63) is 70.1 Å². The van der Waals surface area contributed by atoms with Gasteiger partial charge >= 0.3 is 5.63 Å². The van der Waals surface area contributed by atoms with Gasteiger partial charge in [-0.1, -0.05) is 12.1 Å². The van der Waals surface area contributed by atoms with Crippen LogP contribution in [-0.2, 0) is 0 Å². The Morgan fingerprint density at radius 2 is 1.41 bits per heavy atom. The van der Waals surface area contributed by atoms with Gasteiger partial charge in [0.2, 0.25) is 5.78 Å². The standard InChI is InChI=1S/C24H28N2O3/c1-5-25(6-2)18-15-13-17(14-16-18)23(27)21-22(26(7-3)8-4)19-11-9-10-12-20(19)29-24(21)28/h9-16H,5-8H2,1-4H3. The van der Waals surface area contributed by atoms with Gasteiger partial charge < -0.3 is 14.2 Å². The van der Waals surface area contributed by atoms with Crippen molar-refractivity contribution in [2.45, 2.75) is 27.7 Å². The molecule has 152 valence electrons. The van der Waals surface area contributed by atoms with Crippen molar-refractivity contribution >= 4 is 28.1 Å². The zero-order valence-corrected chi connectivity index (χ0v) is 17.6. The highest BCUT2D eigenvalue weighted by atomic mass is 16.4. The summed E-state index contributed by atoms with van der Waals surface area (Å²) < 4.78 is 5.50. The smallest absolute Gasteiger partial charge is 0.349 e. The van der Waals surface area contributed by atoms with E-state index >= 15 is 0 Å². The molecule has 1 aromatic heterocycles. The molecule has 0 radical (unpaired) electrons. The van der Waals surface area contributed by atoms with Crippen LogP contribution in [0.25, 0.3) is 11.0 Å². The van der Waals surface area contributed by atoms with Gasteiger partial charge in [0, 0.05) is 42.8 Å². The molecular weight excluding hydrogens is 364 g/mol. The molecule has 1 heterocycles. The molecule has 0 saturated heterocycles. The van der Waals surface area contributed by atoms with E-state index in [1.54, 1.807) is 18.2 Å². The van der Waals surface area contributed by atoms with E-state index in [2.05, 4.69) is 18.7 Å². The summed E-state index contributed by atoms with van der Waals surface area (Å²) in [5.74, 6) is -0.308. The van der Waals surface area contributed by atoms with Crippen LogP contribution in [0.2, 0.25) is 0 Å². The third-order valence-corrected chi connectivity index (χ3v) is 5.35.